The minimum absolute atomic E-state index is 0.163. The van der Waals surface area contributed by atoms with Gasteiger partial charge in [-0.3, -0.25) is 9.59 Å². The van der Waals surface area contributed by atoms with Gasteiger partial charge in [-0.25, -0.2) is 0 Å². The number of H-pyrrole nitrogens is 1. The molecule has 3 rings (SSSR count). The Morgan fingerprint density at radius 1 is 0.826 bits per heavy atom. The Labute approximate surface area is 132 Å². The maximum absolute atomic E-state index is 12.0. The summed E-state index contributed by atoms with van der Waals surface area (Å²) in [6.45, 7) is 0.694. The van der Waals surface area contributed by atoms with Crippen LogP contribution in [0.2, 0.25) is 0 Å². The summed E-state index contributed by atoms with van der Waals surface area (Å²) in [4.78, 5) is 23.9. The first-order valence-corrected chi connectivity index (χ1v) is 7.16. The number of aromatic nitrogens is 3. The zero-order valence-corrected chi connectivity index (χ0v) is 12.2. The molecule has 0 atom stereocenters. The number of fused-ring (bicyclic) bond motifs is 1. The predicted octanol–water partition coefficient (Wildman–Crippen LogP) is 1.12. The van der Waals surface area contributed by atoms with E-state index >= 15 is 0 Å². The molecule has 3 aromatic rings. The molecule has 0 fully saturated rings. The summed E-state index contributed by atoms with van der Waals surface area (Å²) in [5.74, 6) is -0.382. The highest BCUT2D eigenvalue weighted by Gasteiger charge is 2.08. The van der Waals surface area contributed by atoms with Crippen molar-refractivity contribution in [3.05, 3.63) is 59.7 Å². The van der Waals surface area contributed by atoms with Gasteiger partial charge >= 0.3 is 0 Å². The zero-order valence-electron chi connectivity index (χ0n) is 12.2. The molecule has 0 bridgehead atoms. The molecule has 0 unspecified atom stereocenters. The first-order valence-electron chi connectivity index (χ1n) is 7.16. The van der Waals surface area contributed by atoms with Crippen LogP contribution >= 0.6 is 0 Å². The number of nitrogens with one attached hydrogen (secondary N) is 3. The van der Waals surface area contributed by atoms with Gasteiger partial charge in [0.1, 0.15) is 11.0 Å². The summed E-state index contributed by atoms with van der Waals surface area (Å²) >= 11 is 0. The fraction of sp³-hybridized carbons (Fsp3) is 0.125. The number of hydrogen-bond donors (Lipinski definition) is 3. The van der Waals surface area contributed by atoms with Gasteiger partial charge in [0.15, 0.2) is 0 Å². The number of aromatic amines is 1. The second-order valence-corrected chi connectivity index (χ2v) is 4.90. The van der Waals surface area contributed by atoms with E-state index in [1.807, 2.05) is 6.07 Å². The van der Waals surface area contributed by atoms with Crippen LogP contribution in [0.25, 0.3) is 11.0 Å². The topological polar surface area (TPSA) is 99.8 Å². The van der Waals surface area contributed by atoms with E-state index in [0.717, 1.165) is 0 Å². The Kier molecular flexibility index (Phi) is 4.28. The van der Waals surface area contributed by atoms with E-state index in [1.54, 1.807) is 42.5 Å². The van der Waals surface area contributed by atoms with Crippen LogP contribution in [-0.4, -0.2) is 40.3 Å². The second kappa shape index (κ2) is 6.69. The summed E-state index contributed by atoms with van der Waals surface area (Å²) in [5, 5.41) is 15.9. The highest BCUT2D eigenvalue weighted by Crippen LogP contribution is 2.10. The monoisotopic (exact) mass is 309 g/mol. The van der Waals surface area contributed by atoms with Crippen molar-refractivity contribution in [3.63, 3.8) is 0 Å². The molecule has 0 saturated heterocycles. The summed E-state index contributed by atoms with van der Waals surface area (Å²) in [6.07, 6.45) is 0. The maximum atomic E-state index is 12.0. The van der Waals surface area contributed by atoms with E-state index in [9.17, 15) is 9.59 Å². The fourth-order valence-corrected chi connectivity index (χ4v) is 2.13. The Bertz CT molecular complexity index is 829. The number of carbonyl (C=O) groups is 2. The summed E-state index contributed by atoms with van der Waals surface area (Å²) in [7, 11) is 0. The lowest BCUT2D eigenvalue weighted by molar-refractivity contribution is 0.0928. The van der Waals surface area contributed by atoms with Crippen molar-refractivity contribution >= 4 is 22.8 Å². The molecule has 7 heteroatoms. The molecule has 2 amide bonds. The van der Waals surface area contributed by atoms with Crippen molar-refractivity contribution in [2.75, 3.05) is 13.1 Å². The molecule has 0 radical (unpaired) electrons. The van der Waals surface area contributed by atoms with Crippen molar-refractivity contribution < 1.29 is 9.59 Å². The van der Waals surface area contributed by atoms with Gasteiger partial charge in [-0.2, -0.15) is 15.4 Å². The average molecular weight is 309 g/mol. The van der Waals surface area contributed by atoms with Crippen molar-refractivity contribution in [1.82, 2.24) is 26.0 Å². The first-order chi connectivity index (χ1) is 11.2. The molecule has 0 aliphatic carbocycles. The summed E-state index contributed by atoms with van der Waals surface area (Å²) in [6, 6.07) is 14.0. The van der Waals surface area contributed by atoms with E-state index in [-0.39, 0.29) is 11.8 Å². The van der Waals surface area contributed by atoms with Crippen LogP contribution in [0.4, 0.5) is 0 Å². The highest BCUT2D eigenvalue weighted by atomic mass is 16.2. The predicted molar refractivity (Wildman–Crippen MR) is 85.0 cm³/mol. The number of benzene rings is 2. The number of nitrogens with zero attached hydrogens (tertiary/aromatic N) is 2. The minimum atomic E-state index is -0.219. The lowest BCUT2D eigenvalue weighted by Crippen LogP contribution is -2.34. The molecule has 0 aliphatic heterocycles. The van der Waals surface area contributed by atoms with E-state index in [0.29, 0.717) is 35.2 Å². The molecule has 7 nitrogen and oxygen atoms in total. The van der Waals surface area contributed by atoms with Crippen molar-refractivity contribution in [3.8, 4) is 0 Å². The Morgan fingerprint density at radius 3 is 2.22 bits per heavy atom. The molecular weight excluding hydrogens is 294 g/mol. The van der Waals surface area contributed by atoms with Crippen molar-refractivity contribution in [2.24, 2.45) is 0 Å². The van der Waals surface area contributed by atoms with Crippen molar-refractivity contribution in [2.45, 2.75) is 0 Å². The molecule has 2 aromatic carbocycles. The second-order valence-electron chi connectivity index (χ2n) is 4.90. The van der Waals surface area contributed by atoms with Gasteiger partial charge in [-0.05, 0) is 30.3 Å². The molecule has 116 valence electrons. The van der Waals surface area contributed by atoms with Gasteiger partial charge in [-0.1, -0.05) is 18.2 Å². The van der Waals surface area contributed by atoms with Gasteiger partial charge in [0.2, 0.25) is 0 Å². The van der Waals surface area contributed by atoms with Crippen LogP contribution in [0.5, 0.6) is 0 Å². The van der Waals surface area contributed by atoms with Crippen molar-refractivity contribution in [1.29, 1.82) is 0 Å². The lowest BCUT2D eigenvalue weighted by atomic mass is 10.2. The zero-order chi connectivity index (χ0) is 16.1. The van der Waals surface area contributed by atoms with Crippen LogP contribution < -0.4 is 10.6 Å². The molecule has 0 spiro atoms. The SMILES string of the molecule is O=C(NCCNC(=O)c1ccc2n[nH]nc2c1)c1ccccc1. The third-order valence-corrected chi connectivity index (χ3v) is 3.31. The number of hydrogen-bond acceptors (Lipinski definition) is 4. The summed E-state index contributed by atoms with van der Waals surface area (Å²) in [5.41, 5.74) is 2.43. The Balaban J connectivity index is 1.48. The van der Waals surface area contributed by atoms with Crippen LogP contribution in [-0.2, 0) is 0 Å². The smallest absolute Gasteiger partial charge is 0.251 e. The van der Waals surface area contributed by atoms with Gasteiger partial charge in [-0.15, -0.1) is 0 Å². The van der Waals surface area contributed by atoms with E-state index < -0.39 is 0 Å². The standard InChI is InChI=1S/C16H15N5O2/c22-15(11-4-2-1-3-5-11)17-8-9-18-16(23)12-6-7-13-14(10-12)20-21-19-13/h1-7,10H,8-9H2,(H,17,22)(H,18,23)(H,19,20,21). The third kappa shape index (κ3) is 3.52. The number of rotatable bonds is 5. The third-order valence-electron chi connectivity index (χ3n) is 3.31. The largest absolute Gasteiger partial charge is 0.350 e. The average Bonchev–Trinajstić information content (AvgIpc) is 3.06. The van der Waals surface area contributed by atoms with Gasteiger partial charge in [0.05, 0.1) is 0 Å². The van der Waals surface area contributed by atoms with Gasteiger partial charge in [0, 0.05) is 24.2 Å². The van der Waals surface area contributed by atoms with Crippen LogP contribution in [0.1, 0.15) is 20.7 Å². The first kappa shape index (κ1) is 14.7. The molecule has 0 aliphatic rings. The fourth-order valence-electron chi connectivity index (χ4n) is 2.13. The maximum Gasteiger partial charge on any atom is 0.251 e. The Morgan fingerprint density at radius 2 is 1.48 bits per heavy atom. The lowest BCUT2D eigenvalue weighted by Gasteiger charge is -2.07. The summed E-state index contributed by atoms with van der Waals surface area (Å²) < 4.78 is 0. The van der Waals surface area contributed by atoms with Gasteiger partial charge in [0.25, 0.3) is 11.8 Å². The van der Waals surface area contributed by atoms with E-state index in [1.165, 1.54) is 0 Å². The van der Waals surface area contributed by atoms with E-state index in [2.05, 4.69) is 26.0 Å². The minimum Gasteiger partial charge on any atom is -0.350 e. The molecule has 1 aromatic heterocycles. The molecule has 3 N–H and O–H groups in total. The van der Waals surface area contributed by atoms with Crippen LogP contribution in [0.15, 0.2) is 48.5 Å². The van der Waals surface area contributed by atoms with E-state index in [4.69, 9.17) is 0 Å². The highest BCUT2D eigenvalue weighted by molar-refractivity contribution is 5.97. The van der Waals surface area contributed by atoms with Crippen LogP contribution in [0.3, 0.4) is 0 Å². The Hall–Kier alpha value is -3.22. The normalized spacial score (nSPS) is 10.4. The molecule has 1 heterocycles. The van der Waals surface area contributed by atoms with Gasteiger partial charge < -0.3 is 10.6 Å². The molecule has 23 heavy (non-hydrogen) atoms. The number of carbonyl (C=O) groups excluding carboxylic acids is 2. The molecule has 0 saturated carbocycles. The van der Waals surface area contributed by atoms with Crippen LogP contribution in [0, 0.1) is 0 Å². The number of amides is 2. The quantitative estimate of drug-likeness (QED) is 0.615. The molecular formula is C16H15N5O2.